The van der Waals surface area contributed by atoms with Gasteiger partial charge in [-0.05, 0) is 36.8 Å². The third kappa shape index (κ3) is 3.65. The molecule has 0 spiro atoms. The Hall–Kier alpha value is -2.25. The SMILES string of the molecule is COc1ccc(COc2ccc(C)nc2CCl)cc1C#N. The van der Waals surface area contributed by atoms with E-state index in [-0.39, 0.29) is 0 Å². The van der Waals surface area contributed by atoms with Crippen molar-refractivity contribution in [2.45, 2.75) is 19.4 Å². The molecule has 0 bridgehead atoms. The number of pyridine rings is 1. The van der Waals surface area contributed by atoms with E-state index < -0.39 is 0 Å². The average molecular weight is 303 g/mol. The van der Waals surface area contributed by atoms with Crippen LogP contribution in [0, 0.1) is 18.3 Å². The minimum Gasteiger partial charge on any atom is -0.495 e. The Bertz CT molecular complexity index is 680. The van der Waals surface area contributed by atoms with Gasteiger partial charge in [-0.2, -0.15) is 5.26 Å². The topological polar surface area (TPSA) is 55.1 Å². The van der Waals surface area contributed by atoms with Gasteiger partial charge in [-0.1, -0.05) is 6.07 Å². The first-order chi connectivity index (χ1) is 10.2. The maximum Gasteiger partial charge on any atom is 0.142 e. The number of methoxy groups -OCH3 is 1. The smallest absolute Gasteiger partial charge is 0.142 e. The van der Waals surface area contributed by atoms with Crippen LogP contribution in [0.2, 0.25) is 0 Å². The Labute approximate surface area is 128 Å². The van der Waals surface area contributed by atoms with Crippen molar-refractivity contribution in [1.82, 2.24) is 4.98 Å². The maximum absolute atomic E-state index is 9.07. The molecule has 2 rings (SSSR count). The first-order valence-corrected chi connectivity index (χ1v) is 6.93. The summed E-state index contributed by atoms with van der Waals surface area (Å²) in [5.74, 6) is 1.51. The van der Waals surface area contributed by atoms with E-state index in [4.69, 9.17) is 26.3 Å². The van der Waals surface area contributed by atoms with Crippen LogP contribution in [0.15, 0.2) is 30.3 Å². The van der Waals surface area contributed by atoms with Gasteiger partial charge in [-0.25, -0.2) is 0 Å². The molecule has 1 aromatic carbocycles. The minimum atomic E-state index is 0.295. The fourth-order valence-electron chi connectivity index (χ4n) is 1.92. The molecule has 0 N–H and O–H groups in total. The van der Waals surface area contributed by atoms with E-state index in [2.05, 4.69) is 11.1 Å². The number of hydrogen-bond donors (Lipinski definition) is 0. The van der Waals surface area contributed by atoms with E-state index in [0.29, 0.717) is 35.2 Å². The number of rotatable bonds is 5. The molecule has 108 valence electrons. The lowest BCUT2D eigenvalue weighted by atomic mass is 10.1. The third-order valence-electron chi connectivity index (χ3n) is 2.98. The molecule has 1 aromatic heterocycles. The molecule has 0 radical (unpaired) electrons. The molecule has 0 saturated heterocycles. The quantitative estimate of drug-likeness (QED) is 0.792. The van der Waals surface area contributed by atoms with Gasteiger partial charge in [0.2, 0.25) is 0 Å². The zero-order chi connectivity index (χ0) is 15.2. The Morgan fingerprint density at radius 1 is 1.24 bits per heavy atom. The molecule has 4 nitrogen and oxygen atoms in total. The first-order valence-electron chi connectivity index (χ1n) is 6.40. The number of halogens is 1. The highest BCUT2D eigenvalue weighted by Crippen LogP contribution is 2.22. The number of benzene rings is 1. The van der Waals surface area contributed by atoms with Crippen LogP contribution in [0.1, 0.15) is 22.5 Å². The largest absolute Gasteiger partial charge is 0.495 e. The minimum absolute atomic E-state index is 0.295. The Morgan fingerprint density at radius 3 is 2.67 bits per heavy atom. The summed E-state index contributed by atoms with van der Waals surface area (Å²) in [7, 11) is 1.54. The summed E-state index contributed by atoms with van der Waals surface area (Å²) in [6.45, 7) is 2.25. The zero-order valence-electron chi connectivity index (χ0n) is 11.9. The predicted molar refractivity (Wildman–Crippen MR) is 80.6 cm³/mol. The van der Waals surface area contributed by atoms with Crippen molar-refractivity contribution in [2.75, 3.05) is 7.11 Å². The van der Waals surface area contributed by atoms with Gasteiger partial charge in [-0.15, -0.1) is 11.6 Å². The van der Waals surface area contributed by atoms with Gasteiger partial charge in [-0.3, -0.25) is 4.98 Å². The molecule has 0 aliphatic heterocycles. The van der Waals surface area contributed by atoms with E-state index in [1.807, 2.05) is 25.1 Å². The molecule has 0 aliphatic rings. The van der Waals surface area contributed by atoms with Crippen molar-refractivity contribution in [1.29, 1.82) is 5.26 Å². The average Bonchev–Trinajstić information content (AvgIpc) is 2.53. The van der Waals surface area contributed by atoms with Gasteiger partial charge in [0.25, 0.3) is 0 Å². The van der Waals surface area contributed by atoms with Crippen LogP contribution in [0.5, 0.6) is 11.5 Å². The number of alkyl halides is 1. The van der Waals surface area contributed by atoms with E-state index >= 15 is 0 Å². The number of ether oxygens (including phenoxy) is 2. The Morgan fingerprint density at radius 2 is 2.00 bits per heavy atom. The summed E-state index contributed by atoms with van der Waals surface area (Å²) in [6.07, 6.45) is 0. The van der Waals surface area contributed by atoms with Gasteiger partial charge < -0.3 is 9.47 Å². The molecule has 0 unspecified atom stereocenters. The highest BCUT2D eigenvalue weighted by molar-refractivity contribution is 6.17. The van der Waals surface area contributed by atoms with Crippen molar-refractivity contribution in [3.63, 3.8) is 0 Å². The van der Waals surface area contributed by atoms with Crippen molar-refractivity contribution >= 4 is 11.6 Å². The lowest BCUT2D eigenvalue weighted by Gasteiger charge is -2.11. The summed E-state index contributed by atoms with van der Waals surface area (Å²) < 4.78 is 10.9. The Balaban J connectivity index is 2.15. The van der Waals surface area contributed by atoms with Gasteiger partial charge in [0, 0.05) is 5.69 Å². The van der Waals surface area contributed by atoms with Crippen molar-refractivity contribution < 1.29 is 9.47 Å². The molecular formula is C16H15ClN2O2. The number of hydrogen-bond acceptors (Lipinski definition) is 4. The molecule has 1 heterocycles. The number of aromatic nitrogens is 1. The first kappa shape index (κ1) is 15.1. The monoisotopic (exact) mass is 302 g/mol. The van der Waals surface area contributed by atoms with Crippen LogP contribution in [-0.2, 0) is 12.5 Å². The van der Waals surface area contributed by atoms with Gasteiger partial charge in [0.1, 0.15) is 24.2 Å². The standard InChI is InChI=1S/C16H15ClN2O2/c1-11-3-5-16(14(8-17)19-11)21-10-12-4-6-15(20-2)13(7-12)9-18/h3-7H,8,10H2,1-2H3. The van der Waals surface area contributed by atoms with Crippen LogP contribution in [-0.4, -0.2) is 12.1 Å². The number of aryl methyl sites for hydroxylation is 1. The number of nitrogens with zero attached hydrogens (tertiary/aromatic N) is 2. The normalized spacial score (nSPS) is 10.0. The summed E-state index contributed by atoms with van der Waals surface area (Å²) in [5.41, 5.74) is 2.98. The van der Waals surface area contributed by atoms with Crippen LogP contribution >= 0.6 is 11.6 Å². The van der Waals surface area contributed by atoms with Crippen LogP contribution in [0.4, 0.5) is 0 Å². The molecule has 0 fully saturated rings. The molecule has 0 amide bonds. The second-order valence-corrected chi connectivity index (χ2v) is 4.73. The predicted octanol–water partition coefficient (Wildman–Crippen LogP) is 3.59. The van der Waals surface area contributed by atoms with E-state index in [1.165, 1.54) is 7.11 Å². The molecule has 0 aliphatic carbocycles. The zero-order valence-corrected chi connectivity index (χ0v) is 12.6. The fourth-order valence-corrected chi connectivity index (χ4v) is 2.11. The number of nitriles is 1. The second-order valence-electron chi connectivity index (χ2n) is 4.47. The Kier molecular flexibility index (Phi) is 5.02. The molecule has 5 heteroatoms. The van der Waals surface area contributed by atoms with Crippen LogP contribution < -0.4 is 9.47 Å². The van der Waals surface area contributed by atoms with E-state index in [0.717, 1.165) is 11.3 Å². The summed E-state index contributed by atoms with van der Waals surface area (Å²) >= 11 is 5.87. The lowest BCUT2D eigenvalue weighted by Crippen LogP contribution is -2.01. The summed E-state index contributed by atoms with van der Waals surface area (Å²) in [6, 6.07) is 11.2. The molecule has 0 saturated carbocycles. The van der Waals surface area contributed by atoms with Crippen molar-refractivity contribution in [3.8, 4) is 17.6 Å². The molecule has 21 heavy (non-hydrogen) atoms. The molecule has 2 aromatic rings. The summed E-state index contributed by atoms with van der Waals surface area (Å²) in [4.78, 5) is 4.34. The second kappa shape index (κ2) is 6.96. The van der Waals surface area contributed by atoms with Crippen molar-refractivity contribution in [2.24, 2.45) is 0 Å². The summed E-state index contributed by atoms with van der Waals surface area (Å²) in [5, 5.41) is 9.07. The van der Waals surface area contributed by atoms with Crippen LogP contribution in [0.25, 0.3) is 0 Å². The molecule has 0 atom stereocenters. The molecular weight excluding hydrogens is 288 g/mol. The van der Waals surface area contributed by atoms with E-state index in [1.54, 1.807) is 12.1 Å². The van der Waals surface area contributed by atoms with Gasteiger partial charge >= 0.3 is 0 Å². The van der Waals surface area contributed by atoms with Crippen molar-refractivity contribution in [3.05, 3.63) is 52.8 Å². The lowest BCUT2D eigenvalue weighted by molar-refractivity contribution is 0.302. The van der Waals surface area contributed by atoms with Gasteiger partial charge in [0.15, 0.2) is 0 Å². The fraction of sp³-hybridized carbons (Fsp3) is 0.250. The highest BCUT2D eigenvalue weighted by atomic mass is 35.5. The van der Waals surface area contributed by atoms with Crippen LogP contribution in [0.3, 0.4) is 0 Å². The third-order valence-corrected chi connectivity index (χ3v) is 3.23. The van der Waals surface area contributed by atoms with E-state index in [9.17, 15) is 0 Å². The van der Waals surface area contributed by atoms with Gasteiger partial charge in [0.05, 0.1) is 24.2 Å². The highest BCUT2D eigenvalue weighted by Gasteiger charge is 2.07. The maximum atomic E-state index is 9.07.